The number of nitrogens with one attached hydrogen (secondary N) is 3. The van der Waals surface area contributed by atoms with Gasteiger partial charge in [0.2, 0.25) is 0 Å². The Bertz CT molecular complexity index is 1530. The van der Waals surface area contributed by atoms with Crippen molar-refractivity contribution in [1.82, 2.24) is 15.3 Å². The zero-order valence-corrected chi connectivity index (χ0v) is 19.2. The summed E-state index contributed by atoms with van der Waals surface area (Å²) in [5, 5.41) is 14.7. The molecule has 4 heterocycles. The number of carbonyl (C=O) groups is 2. The Morgan fingerprint density at radius 1 is 0.914 bits per heavy atom. The van der Waals surface area contributed by atoms with Crippen LogP contribution in [-0.2, 0) is 14.3 Å². The topological polar surface area (TPSA) is 133 Å². The molecule has 2 aliphatic heterocycles. The highest BCUT2D eigenvalue weighted by molar-refractivity contribution is 6.51. The fraction of sp³-hybridized carbons (Fsp3) is 0.259. The molecule has 2 aliphatic rings. The number of hydrogen-bond acceptors (Lipinski definition) is 5. The molecule has 1 saturated heterocycles. The van der Waals surface area contributed by atoms with E-state index in [0.717, 1.165) is 27.5 Å². The van der Waals surface area contributed by atoms with Crippen molar-refractivity contribution in [2.24, 2.45) is 5.73 Å². The first-order valence-corrected chi connectivity index (χ1v) is 11.8. The summed E-state index contributed by atoms with van der Waals surface area (Å²) in [6.07, 6.45) is -0.558. The summed E-state index contributed by atoms with van der Waals surface area (Å²) < 4.78 is 6.24. The first-order chi connectivity index (χ1) is 17.0. The van der Waals surface area contributed by atoms with Crippen LogP contribution in [0.5, 0.6) is 0 Å². The summed E-state index contributed by atoms with van der Waals surface area (Å²) in [6.45, 7) is 2.18. The van der Waals surface area contributed by atoms with Crippen molar-refractivity contribution >= 4 is 44.8 Å². The number of rotatable bonds is 4. The smallest absolute Gasteiger partial charge is 0.259 e. The molecule has 8 nitrogen and oxygen atoms in total. The standard InChI is InChI=1S/C27H26N4O4/c1-13-21(16-6-2-4-8-18(16)29-13)23-24(27(34)31-26(23)33)22-17-7-3-5-9-19(17)30-25(22)20-11-14(32)10-15(12-28)35-20/h2-9,14-15,20,29-30,32H,10-12,28H2,1H3,(H,31,33,34)/t14-,15+,20-/m1/s1. The zero-order chi connectivity index (χ0) is 24.3. The van der Waals surface area contributed by atoms with Crippen LogP contribution in [-0.4, -0.2) is 45.6 Å². The number of amides is 2. The second kappa shape index (κ2) is 8.20. The second-order valence-electron chi connectivity index (χ2n) is 9.27. The number of para-hydroxylation sites is 2. The minimum Gasteiger partial charge on any atom is -0.393 e. The van der Waals surface area contributed by atoms with E-state index in [2.05, 4.69) is 15.3 Å². The van der Waals surface area contributed by atoms with Gasteiger partial charge in [-0.25, -0.2) is 0 Å². The van der Waals surface area contributed by atoms with E-state index in [0.29, 0.717) is 40.8 Å². The largest absolute Gasteiger partial charge is 0.393 e. The fourth-order valence-electron chi connectivity index (χ4n) is 5.53. The highest BCUT2D eigenvalue weighted by atomic mass is 16.5. The van der Waals surface area contributed by atoms with Gasteiger partial charge >= 0.3 is 0 Å². The monoisotopic (exact) mass is 470 g/mol. The third kappa shape index (κ3) is 3.41. The van der Waals surface area contributed by atoms with Gasteiger partial charge in [-0.3, -0.25) is 14.9 Å². The van der Waals surface area contributed by atoms with Crippen molar-refractivity contribution in [2.45, 2.75) is 38.1 Å². The van der Waals surface area contributed by atoms with Gasteiger partial charge in [0, 0.05) is 58.0 Å². The number of H-pyrrole nitrogens is 2. The Balaban J connectivity index is 1.65. The van der Waals surface area contributed by atoms with Crippen LogP contribution >= 0.6 is 0 Å². The average molecular weight is 471 g/mol. The number of carbonyl (C=O) groups excluding carboxylic acids is 2. The Morgan fingerprint density at radius 2 is 1.51 bits per heavy atom. The molecule has 1 fully saturated rings. The number of imide groups is 1. The Hall–Kier alpha value is -3.72. The maximum absolute atomic E-state index is 13.4. The van der Waals surface area contributed by atoms with Crippen molar-refractivity contribution in [3.05, 3.63) is 71.0 Å². The molecule has 0 aliphatic carbocycles. The minimum absolute atomic E-state index is 0.282. The molecule has 35 heavy (non-hydrogen) atoms. The highest BCUT2D eigenvalue weighted by Gasteiger charge is 2.39. The number of nitrogens with two attached hydrogens (primary N) is 1. The predicted octanol–water partition coefficient (Wildman–Crippen LogP) is 3.06. The van der Waals surface area contributed by atoms with Gasteiger partial charge in [-0.05, 0) is 19.1 Å². The van der Waals surface area contributed by atoms with Crippen LogP contribution in [0.25, 0.3) is 33.0 Å². The van der Waals surface area contributed by atoms with E-state index in [4.69, 9.17) is 10.5 Å². The van der Waals surface area contributed by atoms with Crippen LogP contribution in [0.2, 0.25) is 0 Å². The summed E-state index contributed by atoms with van der Waals surface area (Å²) in [7, 11) is 0. The van der Waals surface area contributed by atoms with Crippen LogP contribution in [0, 0.1) is 6.92 Å². The van der Waals surface area contributed by atoms with Crippen LogP contribution in [0.3, 0.4) is 0 Å². The quantitative estimate of drug-likeness (QED) is 0.292. The van der Waals surface area contributed by atoms with Crippen molar-refractivity contribution < 1.29 is 19.4 Å². The predicted molar refractivity (Wildman–Crippen MR) is 133 cm³/mol. The third-order valence-electron chi connectivity index (χ3n) is 7.02. The number of aryl methyl sites for hydroxylation is 1. The average Bonchev–Trinajstić information content (AvgIpc) is 3.47. The normalized spacial score (nSPS) is 23.0. The minimum atomic E-state index is -0.579. The summed E-state index contributed by atoms with van der Waals surface area (Å²) in [4.78, 5) is 33.4. The highest BCUT2D eigenvalue weighted by Crippen LogP contribution is 2.44. The molecule has 2 aromatic heterocycles. The van der Waals surface area contributed by atoms with E-state index in [1.165, 1.54) is 0 Å². The zero-order valence-electron chi connectivity index (χ0n) is 19.2. The van der Waals surface area contributed by atoms with Crippen LogP contribution < -0.4 is 11.1 Å². The van der Waals surface area contributed by atoms with E-state index in [1.807, 2.05) is 55.5 Å². The molecular weight excluding hydrogens is 444 g/mol. The molecule has 2 amide bonds. The van der Waals surface area contributed by atoms with Gasteiger partial charge < -0.3 is 25.5 Å². The van der Waals surface area contributed by atoms with Crippen LogP contribution in [0.15, 0.2) is 48.5 Å². The summed E-state index contributed by atoms with van der Waals surface area (Å²) in [6, 6.07) is 15.4. The number of aliphatic hydroxyl groups is 1. The van der Waals surface area contributed by atoms with E-state index in [-0.39, 0.29) is 12.6 Å². The van der Waals surface area contributed by atoms with Gasteiger partial charge in [0.1, 0.15) is 6.10 Å². The Morgan fingerprint density at radius 3 is 2.20 bits per heavy atom. The molecule has 6 N–H and O–H groups in total. The number of aromatic amines is 2. The van der Waals surface area contributed by atoms with Gasteiger partial charge in [0.15, 0.2) is 0 Å². The fourth-order valence-corrected chi connectivity index (χ4v) is 5.53. The number of aromatic nitrogens is 2. The summed E-state index contributed by atoms with van der Waals surface area (Å²) in [5.74, 6) is -0.883. The van der Waals surface area contributed by atoms with E-state index in [9.17, 15) is 14.7 Å². The van der Waals surface area contributed by atoms with Gasteiger partial charge in [-0.1, -0.05) is 36.4 Å². The van der Waals surface area contributed by atoms with Gasteiger partial charge in [0.25, 0.3) is 11.8 Å². The molecule has 3 atom stereocenters. The maximum atomic E-state index is 13.4. The third-order valence-corrected chi connectivity index (χ3v) is 7.02. The van der Waals surface area contributed by atoms with E-state index >= 15 is 0 Å². The molecule has 6 rings (SSSR count). The molecule has 0 saturated carbocycles. The van der Waals surface area contributed by atoms with Crippen LogP contribution in [0.1, 0.15) is 41.5 Å². The molecule has 2 aromatic carbocycles. The number of benzene rings is 2. The number of aliphatic hydroxyl groups excluding tert-OH is 1. The number of fused-ring (bicyclic) bond motifs is 2. The van der Waals surface area contributed by atoms with Crippen molar-refractivity contribution in [2.75, 3.05) is 6.54 Å². The number of hydrogen-bond donors (Lipinski definition) is 5. The molecule has 8 heteroatoms. The lowest BCUT2D eigenvalue weighted by molar-refractivity contribution is -0.122. The van der Waals surface area contributed by atoms with Crippen molar-refractivity contribution in [3.63, 3.8) is 0 Å². The van der Waals surface area contributed by atoms with Crippen LogP contribution in [0.4, 0.5) is 0 Å². The molecule has 178 valence electrons. The Labute approximate surface area is 201 Å². The lowest BCUT2D eigenvalue weighted by Crippen LogP contribution is -2.36. The van der Waals surface area contributed by atoms with Crippen molar-refractivity contribution in [3.8, 4) is 0 Å². The lowest BCUT2D eigenvalue weighted by Gasteiger charge is -2.32. The maximum Gasteiger partial charge on any atom is 0.259 e. The summed E-state index contributed by atoms with van der Waals surface area (Å²) >= 11 is 0. The summed E-state index contributed by atoms with van der Waals surface area (Å²) in [5.41, 5.74) is 11.0. The first-order valence-electron chi connectivity index (χ1n) is 11.8. The lowest BCUT2D eigenvalue weighted by atomic mass is 9.90. The SMILES string of the molecule is Cc1[nH]c2ccccc2c1C1=C(c2c([C@H]3C[C@H](O)C[C@@H](CN)O3)[nH]c3ccccc23)C(=O)NC1=O. The first kappa shape index (κ1) is 21.8. The van der Waals surface area contributed by atoms with E-state index < -0.39 is 24.0 Å². The second-order valence-corrected chi connectivity index (χ2v) is 9.27. The van der Waals surface area contributed by atoms with E-state index in [1.54, 1.807) is 0 Å². The van der Waals surface area contributed by atoms with Gasteiger partial charge in [-0.2, -0.15) is 0 Å². The molecule has 0 spiro atoms. The van der Waals surface area contributed by atoms with Crippen molar-refractivity contribution in [1.29, 1.82) is 0 Å². The van der Waals surface area contributed by atoms with Gasteiger partial charge in [-0.15, -0.1) is 0 Å². The van der Waals surface area contributed by atoms with Gasteiger partial charge in [0.05, 0.1) is 29.0 Å². The molecule has 0 radical (unpaired) electrons. The number of ether oxygens (including phenoxy) is 1. The molecular formula is C27H26N4O4. The molecule has 0 unspecified atom stereocenters. The molecule has 4 aromatic rings. The molecule has 0 bridgehead atoms. The Kier molecular flexibility index (Phi) is 5.10.